The highest BCUT2D eigenvalue weighted by atomic mass is 16.5. The van der Waals surface area contributed by atoms with E-state index in [1.165, 1.54) is 23.5 Å². The van der Waals surface area contributed by atoms with Crippen LogP contribution in [0, 0.1) is 11.3 Å². The van der Waals surface area contributed by atoms with Gasteiger partial charge in [0.2, 0.25) is 23.5 Å². The van der Waals surface area contributed by atoms with Crippen LogP contribution in [0.15, 0.2) is 48.9 Å². The fourth-order valence-corrected chi connectivity index (χ4v) is 7.08. The predicted molar refractivity (Wildman–Crippen MR) is 195 cm³/mol. The van der Waals surface area contributed by atoms with E-state index in [0.717, 1.165) is 44.9 Å². The summed E-state index contributed by atoms with van der Waals surface area (Å²) in [5.74, 6) is -3.17. The van der Waals surface area contributed by atoms with Gasteiger partial charge in [0.05, 0.1) is 18.8 Å². The molecular formula is C39H53N7O7. The van der Waals surface area contributed by atoms with E-state index >= 15 is 0 Å². The van der Waals surface area contributed by atoms with E-state index in [1.54, 1.807) is 12.1 Å². The Kier molecular flexibility index (Phi) is 13.2. The highest BCUT2D eigenvalue weighted by Gasteiger charge is 2.47. The van der Waals surface area contributed by atoms with Crippen molar-refractivity contribution in [1.82, 2.24) is 36.1 Å². The van der Waals surface area contributed by atoms with E-state index in [-0.39, 0.29) is 37.0 Å². The molecule has 0 radical (unpaired) electrons. The van der Waals surface area contributed by atoms with Crippen LogP contribution in [-0.4, -0.2) is 93.0 Å². The summed E-state index contributed by atoms with van der Waals surface area (Å²) in [5, 5.41) is 11.3. The van der Waals surface area contributed by atoms with Crippen LogP contribution in [0.1, 0.15) is 102 Å². The molecule has 0 spiro atoms. The number of likely N-dealkylation sites (tertiary alicyclic amines) is 1. The van der Waals surface area contributed by atoms with E-state index in [4.69, 9.17) is 4.74 Å². The molecule has 286 valence electrons. The number of hydrogen-bond acceptors (Lipinski definition) is 9. The summed E-state index contributed by atoms with van der Waals surface area (Å²) in [4.78, 5) is 91.6. The summed E-state index contributed by atoms with van der Waals surface area (Å²) in [6.07, 6.45) is 10.5. The maximum Gasteiger partial charge on any atom is 0.289 e. The third-order valence-electron chi connectivity index (χ3n) is 10.1. The lowest BCUT2D eigenvalue weighted by atomic mass is 9.82. The van der Waals surface area contributed by atoms with Gasteiger partial charge >= 0.3 is 0 Å². The van der Waals surface area contributed by atoms with E-state index < -0.39 is 71.0 Å². The molecule has 1 aromatic carbocycles. The van der Waals surface area contributed by atoms with Crippen molar-refractivity contribution in [2.45, 2.75) is 128 Å². The number of para-hydroxylation sites is 1. The molecule has 5 atom stereocenters. The molecule has 5 rings (SSSR count). The third-order valence-corrected chi connectivity index (χ3v) is 10.1. The number of benzene rings is 1. The largest absolute Gasteiger partial charge is 0.488 e. The lowest BCUT2D eigenvalue weighted by Crippen LogP contribution is -2.62. The van der Waals surface area contributed by atoms with Gasteiger partial charge in [-0.1, -0.05) is 71.6 Å². The zero-order valence-electron chi connectivity index (χ0n) is 31.1. The van der Waals surface area contributed by atoms with Crippen LogP contribution in [0.2, 0.25) is 0 Å². The lowest BCUT2D eigenvalue weighted by Gasteiger charge is -2.37. The fraction of sp³-hybridized carbons (Fsp3) is 0.590. The van der Waals surface area contributed by atoms with Gasteiger partial charge in [-0.25, -0.2) is 4.98 Å². The van der Waals surface area contributed by atoms with E-state index in [9.17, 15) is 28.8 Å². The number of ketones is 1. The predicted octanol–water partition coefficient (Wildman–Crippen LogP) is 2.87. The Morgan fingerprint density at radius 2 is 1.64 bits per heavy atom. The summed E-state index contributed by atoms with van der Waals surface area (Å²) in [7, 11) is 0. The van der Waals surface area contributed by atoms with Crippen molar-refractivity contribution in [2.75, 3.05) is 6.54 Å². The Morgan fingerprint density at radius 3 is 2.26 bits per heavy atom. The number of nitrogens with zero attached hydrogens (tertiary/aromatic N) is 3. The second-order valence-electron chi connectivity index (χ2n) is 15.5. The van der Waals surface area contributed by atoms with Gasteiger partial charge in [0.15, 0.2) is 0 Å². The molecule has 1 aromatic heterocycles. The number of aromatic nitrogens is 2. The number of carbonyl (C=O) groups excluding carboxylic acids is 6. The molecule has 1 aliphatic heterocycles. The minimum absolute atomic E-state index is 0.0224. The number of amides is 5. The van der Waals surface area contributed by atoms with Crippen LogP contribution in [-0.2, 0) is 24.0 Å². The van der Waals surface area contributed by atoms with Crippen LogP contribution < -0.4 is 26.0 Å². The average molecular weight is 732 g/mol. The Bertz CT molecular complexity index is 1610. The molecule has 53 heavy (non-hydrogen) atoms. The minimum atomic E-state index is -1.10. The molecule has 0 bridgehead atoms. The van der Waals surface area contributed by atoms with Crippen LogP contribution in [0.4, 0.5) is 0 Å². The molecule has 3 aliphatic rings. The molecule has 14 heteroatoms. The van der Waals surface area contributed by atoms with Crippen molar-refractivity contribution in [1.29, 1.82) is 0 Å². The van der Waals surface area contributed by atoms with Crippen LogP contribution >= 0.6 is 0 Å². The van der Waals surface area contributed by atoms with Crippen LogP contribution in [0.25, 0.3) is 0 Å². The molecule has 2 saturated carbocycles. The Labute approximate surface area is 311 Å². The Balaban J connectivity index is 1.39. The molecule has 5 amide bonds. The third kappa shape index (κ3) is 10.6. The molecular weight excluding hydrogens is 678 g/mol. The molecule has 3 fully saturated rings. The molecule has 2 heterocycles. The molecule has 2 unspecified atom stereocenters. The first-order valence-electron chi connectivity index (χ1n) is 18.9. The molecule has 1 saturated heterocycles. The Morgan fingerprint density at radius 1 is 0.925 bits per heavy atom. The van der Waals surface area contributed by atoms with Crippen molar-refractivity contribution in [3.63, 3.8) is 0 Å². The topological polar surface area (TPSA) is 189 Å². The first-order chi connectivity index (χ1) is 25.3. The zero-order chi connectivity index (χ0) is 38.1. The molecule has 14 nitrogen and oxygen atoms in total. The number of hydrogen-bond donors (Lipinski definition) is 4. The second-order valence-corrected chi connectivity index (χ2v) is 15.5. The standard InChI is InChI=1S/C39H53N7O7/c1-5-12-28(32(47)37(51)42-25-17-18-25)43-35(49)30-21-27(53-26-15-10-7-11-16-26)23-46(30)38(52)33(39(2,3)4)45-36(50)31(24-13-8-6-9-14-24)44-34(48)29-22-40-19-20-41-29/h7,10-11,15-16,19-20,22,24-25,27-28,30-31,33H,5-6,8-9,12-14,17-18,21,23H2,1-4H3,(H,42,51)(H,43,49)(H,44,48)(H,45,50)/t27-,28?,30?,31+,33-/m1/s1. The molecule has 2 aliphatic carbocycles. The van der Waals surface area contributed by atoms with Gasteiger partial charge in [-0.3, -0.25) is 33.8 Å². The summed E-state index contributed by atoms with van der Waals surface area (Å²) in [6.45, 7) is 7.36. The normalized spacial score (nSPS) is 20.7. The van der Waals surface area contributed by atoms with Gasteiger partial charge in [-0.15, -0.1) is 0 Å². The van der Waals surface area contributed by atoms with Crippen LogP contribution in [0.5, 0.6) is 5.75 Å². The first-order valence-corrected chi connectivity index (χ1v) is 18.9. The van der Waals surface area contributed by atoms with E-state index in [1.807, 2.05) is 45.9 Å². The zero-order valence-corrected chi connectivity index (χ0v) is 31.1. The van der Waals surface area contributed by atoms with Crippen molar-refractivity contribution in [3.05, 3.63) is 54.6 Å². The quantitative estimate of drug-likeness (QED) is 0.200. The summed E-state index contributed by atoms with van der Waals surface area (Å²) in [5.41, 5.74) is -0.746. The number of nitrogens with one attached hydrogen (secondary N) is 4. The number of Topliss-reactive ketones (excluding diaryl/α,β-unsaturated/α-hetero) is 1. The van der Waals surface area contributed by atoms with Gasteiger partial charge in [-0.2, -0.15) is 0 Å². The second kappa shape index (κ2) is 17.8. The number of carbonyl (C=O) groups is 6. The van der Waals surface area contributed by atoms with Crippen molar-refractivity contribution in [2.24, 2.45) is 11.3 Å². The molecule has 4 N–H and O–H groups in total. The van der Waals surface area contributed by atoms with Gasteiger partial charge in [0, 0.05) is 24.9 Å². The van der Waals surface area contributed by atoms with E-state index in [2.05, 4.69) is 31.2 Å². The maximum absolute atomic E-state index is 14.7. The van der Waals surface area contributed by atoms with Gasteiger partial charge < -0.3 is 30.9 Å². The summed E-state index contributed by atoms with van der Waals surface area (Å²) >= 11 is 0. The summed E-state index contributed by atoms with van der Waals surface area (Å²) < 4.78 is 6.22. The van der Waals surface area contributed by atoms with Crippen LogP contribution in [0.3, 0.4) is 0 Å². The number of ether oxygens (including phenoxy) is 1. The minimum Gasteiger partial charge on any atom is -0.488 e. The average Bonchev–Trinajstić information content (AvgIpc) is 3.87. The highest BCUT2D eigenvalue weighted by Crippen LogP contribution is 2.30. The smallest absolute Gasteiger partial charge is 0.289 e. The van der Waals surface area contributed by atoms with Gasteiger partial charge in [0.1, 0.15) is 35.7 Å². The van der Waals surface area contributed by atoms with E-state index in [0.29, 0.717) is 12.2 Å². The lowest BCUT2D eigenvalue weighted by molar-refractivity contribution is -0.145. The van der Waals surface area contributed by atoms with Gasteiger partial charge in [-0.05, 0) is 55.6 Å². The summed E-state index contributed by atoms with van der Waals surface area (Å²) in [6, 6.07) is 4.89. The monoisotopic (exact) mass is 731 g/mol. The first kappa shape index (κ1) is 39.3. The maximum atomic E-state index is 14.7. The molecule has 2 aromatic rings. The van der Waals surface area contributed by atoms with Crippen molar-refractivity contribution < 1.29 is 33.5 Å². The van der Waals surface area contributed by atoms with Crippen molar-refractivity contribution >= 4 is 35.3 Å². The Hall–Kier alpha value is -4.88. The SMILES string of the molecule is CCCC(NC(=O)C1C[C@@H](Oc2ccccc2)CN1C(=O)[C@@H](NC(=O)[C@@H](NC(=O)c1cnccn1)C1CCCCC1)C(C)(C)C)C(=O)C(=O)NC1CC1. The van der Waals surface area contributed by atoms with Gasteiger partial charge in [0.25, 0.3) is 11.8 Å². The van der Waals surface area contributed by atoms with Crippen molar-refractivity contribution in [3.8, 4) is 5.75 Å². The highest BCUT2D eigenvalue weighted by molar-refractivity contribution is 6.38. The number of rotatable bonds is 15. The fourth-order valence-electron chi connectivity index (χ4n) is 7.08.